The van der Waals surface area contributed by atoms with Crippen molar-refractivity contribution in [3.63, 3.8) is 0 Å². The molecule has 1 aromatic carbocycles. The lowest BCUT2D eigenvalue weighted by Crippen LogP contribution is -2.18. The molecule has 0 radical (unpaired) electrons. The lowest BCUT2D eigenvalue weighted by atomic mass is 9.91. The Balaban J connectivity index is 2.63. The molecule has 0 amide bonds. The molecule has 0 unspecified atom stereocenters. The van der Waals surface area contributed by atoms with Gasteiger partial charge in [-0.25, -0.2) is 0 Å². The molecule has 0 bridgehead atoms. The van der Waals surface area contributed by atoms with Crippen LogP contribution in [0.5, 0.6) is 0 Å². The minimum absolute atomic E-state index is 0.166. The topological polar surface area (TPSA) is 63.6 Å². The quantitative estimate of drug-likeness (QED) is 0.634. The summed E-state index contributed by atoms with van der Waals surface area (Å²) in [6.07, 6.45) is 2.31. The molecule has 0 spiro atoms. The second-order valence-corrected chi connectivity index (χ2v) is 6.49. The van der Waals surface area contributed by atoms with Crippen LogP contribution in [0.2, 0.25) is 0 Å². The lowest BCUT2D eigenvalue weighted by Gasteiger charge is -2.21. The summed E-state index contributed by atoms with van der Waals surface area (Å²) in [5, 5.41) is 10.0. The fourth-order valence-corrected chi connectivity index (χ4v) is 2.23. The highest BCUT2D eigenvalue weighted by molar-refractivity contribution is 7.85. The van der Waals surface area contributed by atoms with Gasteiger partial charge in [0.1, 0.15) is 0 Å². The van der Waals surface area contributed by atoms with E-state index in [0.717, 1.165) is 17.4 Å². The molecule has 102 valence electrons. The molecule has 0 heterocycles. The first-order valence-electron chi connectivity index (χ1n) is 5.85. The number of hydrogen-bond donors (Lipinski definition) is 1. The summed E-state index contributed by atoms with van der Waals surface area (Å²) in [6, 6.07) is 7.60. The van der Waals surface area contributed by atoms with Crippen LogP contribution in [0.25, 0.3) is 0 Å². The zero-order valence-electron chi connectivity index (χ0n) is 11.0. The molecule has 4 nitrogen and oxygen atoms in total. The largest absolute Gasteiger partial charge is 0.386 e. The lowest BCUT2D eigenvalue weighted by molar-refractivity contribution is 0.0775. The van der Waals surface area contributed by atoms with E-state index in [1.807, 2.05) is 24.3 Å². The highest BCUT2D eigenvalue weighted by Crippen LogP contribution is 2.24. The molecule has 1 aromatic rings. The van der Waals surface area contributed by atoms with Crippen molar-refractivity contribution in [2.75, 3.05) is 12.9 Å². The molecule has 0 saturated carbocycles. The van der Waals surface area contributed by atoms with Gasteiger partial charge in [-0.1, -0.05) is 24.3 Å². The van der Waals surface area contributed by atoms with Gasteiger partial charge < -0.3 is 5.11 Å². The Labute approximate surface area is 109 Å². The van der Waals surface area contributed by atoms with Crippen LogP contribution in [-0.4, -0.2) is 26.4 Å². The van der Waals surface area contributed by atoms with E-state index in [1.165, 1.54) is 0 Å². The van der Waals surface area contributed by atoms with Crippen LogP contribution in [0.3, 0.4) is 0 Å². The van der Waals surface area contributed by atoms with Gasteiger partial charge in [0.15, 0.2) is 0 Å². The summed E-state index contributed by atoms with van der Waals surface area (Å²) in [5.74, 6) is 0. The molecule has 0 fully saturated rings. The van der Waals surface area contributed by atoms with Crippen molar-refractivity contribution in [1.29, 1.82) is 0 Å². The minimum Gasteiger partial charge on any atom is -0.386 e. The number of rotatable bonds is 6. The third-order valence-electron chi connectivity index (χ3n) is 2.56. The zero-order valence-corrected chi connectivity index (χ0v) is 11.8. The van der Waals surface area contributed by atoms with E-state index in [1.54, 1.807) is 13.8 Å². The third kappa shape index (κ3) is 5.16. The fourth-order valence-electron chi connectivity index (χ4n) is 1.81. The van der Waals surface area contributed by atoms with Crippen molar-refractivity contribution in [3.8, 4) is 0 Å². The summed E-state index contributed by atoms with van der Waals surface area (Å²) in [4.78, 5) is 0. The average molecular weight is 272 g/mol. The maximum Gasteiger partial charge on any atom is 0.264 e. The zero-order chi connectivity index (χ0) is 13.8. The second kappa shape index (κ2) is 5.82. The van der Waals surface area contributed by atoms with Gasteiger partial charge >= 0.3 is 0 Å². The van der Waals surface area contributed by atoms with Crippen LogP contribution >= 0.6 is 0 Å². The van der Waals surface area contributed by atoms with Gasteiger partial charge in [-0.05, 0) is 37.8 Å². The monoisotopic (exact) mass is 272 g/mol. The summed E-state index contributed by atoms with van der Waals surface area (Å²) < 4.78 is 26.3. The Hall–Kier alpha value is -0.910. The summed E-state index contributed by atoms with van der Waals surface area (Å²) in [6.45, 7) is 3.64. The van der Waals surface area contributed by atoms with Gasteiger partial charge in [-0.15, -0.1) is 0 Å². The number of aliphatic hydroxyl groups is 1. The molecule has 1 rings (SSSR count). The van der Waals surface area contributed by atoms with E-state index in [-0.39, 0.29) is 6.61 Å². The van der Waals surface area contributed by atoms with Gasteiger partial charge in [0.25, 0.3) is 10.1 Å². The Morgan fingerprint density at radius 2 is 1.89 bits per heavy atom. The highest BCUT2D eigenvalue weighted by atomic mass is 32.2. The molecular formula is C13H20O4S. The van der Waals surface area contributed by atoms with Gasteiger partial charge in [-0.3, -0.25) is 4.18 Å². The molecule has 5 heteroatoms. The highest BCUT2D eigenvalue weighted by Gasteiger charge is 2.18. The smallest absolute Gasteiger partial charge is 0.264 e. The molecule has 0 aliphatic heterocycles. The van der Waals surface area contributed by atoms with Crippen LogP contribution in [0.15, 0.2) is 24.3 Å². The first-order valence-corrected chi connectivity index (χ1v) is 7.67. The fraction of sp³-hybridized carbons (Fsp3) is 0.538. The van der Waals surface area contributed by atoms with Crippen LogP contribution in [0, 0.1) is 0 Å². The molecule has 0 saturated heterocycles. The maximum absolute atomic E-state index is 10.8. The number of benzene rings is 1. The van der Waals surface area contributed by atoms with E-state index in [9.17, 15) is 13.5 Å². The predicted octanol–water partition coefficient (Wildman–Crippen LogP) is 1.82. The molecular weight excluding hydrogens is 252 g/mol. The molecule has 1 N–H and O–H groups in total. The summed E-state index contributed by atoms with van der Waals surface area (Å²) in [5.41, 5.74) is 0.986. The first-order chi connectivity index (χ1) is 8.20. The van der Waals surface area contributed by atoms with E-state index < -0.39 is 15.7 Å². The van der Waals surface area contributed by atoms with E-state index in [0.29, 0.717) is 12.8 Å². The van der Waals surface area contributed by atoms with Crippen molar-refractivity contribution < 1.29 is 17.7 Å². The van der Waals surface area contributed by atoms with E-state index in [4.69, 9.17) is 0 Å². The average Bonchev–Trinajstić information content (AvgIpc) is 2.22. The molecule has 0 aliphatic carbocycles. The molecule has 0 atom stereocenters. The van der Waals surface area contributed by atoms with Crippen LogP contribution in [0.4, 0.5) is 0 Å². The van der Waals surface area contributed by atoms with E-state index >= 15 is 0 Å². The SMILES string of the molecule is CC(C)(O)c1ccccc1CCCOS(C)(=O)=O. The number of aryl methyl sites for hydroxylation is 1. The molecule has 0 aromatic heterocycles. The summed E-state index contributed by atoms with van der Waals surface area (Å²) >= 11 is 0. The predicted molar refractivity (Wildman–Crippen MR) is 70.8 cm³/mol. The van der Waals surface area contributed by atoms with Crippen molar-refractivity contribution >= 4 is 10.1 Å². The minimum atomic E-state index is -3.37. The normalized spacial score (nSPS) is 12.7. The third-order valence-corrected chi connectivity index (χ3v) is 3.16. The summed E-state index contributed by atoms with van der Waals surface area (Å²) in [7, 11) is -3.37. The van der Waals surface area contributed by atoms with Crippen molar-refractivity contribution in [1.82, 2.24) is 0 Å². The molecule has 18 heavy (non-hydrogen) atoms. The van der Waals surface area contributed by atoms with Gasteiger partial charge in [0, 0.05) is 0 Å². The van der Waals surface area contributed by atoms with Crippen molar-refractivity contribution in [2.24, 2.45) is 0 Å². The maximum atomic E-state index is 10.8. The van der Waals surface area contributed by atoms with Crippen LogP contribution in [0.1, 0.15) is 31.4 Å². The Morgan fingerprint density at radius 1 is 1.28 bits per heavy atom. The van der Waals surface area contributed by atoms with Gasteiger partial charge in [0.05, 0.1) is 18.5 Å². The van der Waals surface area contributed by atoms with E-state index in [2.05, 4.69) is 4.18 Å². The first kappa shape index (κ1) is 15.1. The van der Waals surface area contributed by atoms with Gasteiger partial charge in [-0.2, -0.15) is 8.42 Å². The van der Waals surface area contributed by atoms with Crippen molar-refractivity contribution in [3.05, 3.63) is 35.4 Å². The Bertz CT molecular complexity index is 486. The van der Waals surface area contributed by atoms with Crippen LogP contribution < -0.4 is 0 Å². The Kier molecular flexibility index (Phi) is 4.90. The number of hydrogen-bond acceptors (Lipinski definition) is 4. The standard InChI is InChI=1S/C13H20O4S/c1-13(2,14)12-9-5-4-7-11(12)8-6-10-17-18(3,15)16/h4-5,7,9,14H,6,8,10H2,1-3H3. The van der Waals surface area contributed by atoms with Gasteiger partial charge in [0.2, 0.25) is 0 Å². The van der Waals surface area contributed by atoms with Crippen LogP contribution in [-0.2, 0) is 26.3 Å². The Morgan fingerprint density at radius 3 is 2.44 bits per heavy atom. The van der Waals surface area contributed by atoms with Crippen molar-refractivity contribution in [2.45, 2.75) is 32.3 Å². The second-order valence-electron chi connectivity index (χ2n) is 4.85. The molecule has 0 aliphatic rings.